The molecule has 0 heterocycles. The van der Waals surface area contributed by atoms with Gasteiger partial charge in [-0.1, -0.05) is 38.1 Å². The Morgan fingerprint density at radius 3 is 2.27 bits per heavy atom. The lowest BCUT2D eigenvalue weighted by molar-refractivity contribution is -0.384. The molecule has 0 bridgehead atoms. The Morgan fingerprint density at radius 2 is 1.73 bits per heavy atom. The molecule has 0 aliphatic rings. The zero-order chi connectivity index (χ0) is 22.8. The van der Waals surface area contributed by atoms with E-state index in [1.165, 1.54) is 25.1 Å². The van der Waals surface area contributed by atoms with E-state index in [-0.39, 0.29) is 17.3 Å². The number of hydrogen-bond donors (Lipinski definition) is 1. The average molecular weight is 434 g/mol. The highest BCUT2D eigenvalue weighted by atomic mass is 32.2. The van der Waals surface area contributed by atoms with Crippen molar-refractivity contribution in [3.63, 3.8) is 0 Å². The second-order valence-electron chi connectivity index (χ2n) is 7.65. The fraction of sp³-hybridized carbons (Fsp3) is 0.381. The molecule has 2 rings (SSSR count). The summed E-state index contributed by atoms with van der Waals surface area (Å²) in [5, 5.41) is 14.0. The van der Waals surface area contributed by atoms with Gasteiger partial charge in [-0.05, 0) is 43.4 Å². The number of nitrogens with zero attached hydrogens (tertiary/aromatic N) is 2. The molecule has 1 amide bonds. The number of nitrogens with one attached hydrogen (secondary N) is 1. The summed E-state index contributed by atoms with van der Waals surface area (Å²) in [4.78, 5) is 23.7. The van der Waals surface area contributed by atoms with Crippen molar-refractivity contribution in [2.45, 2.75) is 46.6 Å². The van der Waals surface area contributed by atoms with Crippen LogP contribution in [0.1, 0.15) is 43.4 Å². The average Bonchev–Trinajstić information content (AvgIpc) is 2.63. The molecule has 2 aromatic rings. The Morgan fingerprint density at radius 1 is 1.10 bits per heavy atom. The van der Waals surface area contributed by atoms with Crippen molar-refractivity contribution < 1.29 is 18.1 Å². The summed E-state index contributed by atoms with van der Waals surface area (Å²) in [6, 6.07) is 8.50. The maximum atomic E-state index is 13.1. The van der Waals surface area contributed by atoms with Gasteiger partial charge in [0.05, 0.1) is 16.9 Å². The molecule has 0 fully saturated rings. The molecule has 30 heavy (non-hydrogen) atoms. The van der Waals surface area contributed by atoms with Gasteiger partial charge in [0.1, 0.15) is 6.04 Å². The van der Waals surface area contributed by atoms with E-state index in [1.54, 1.807) is 6.92 Å². The van der Waals surface area contributed by atoms with Gasteiger partial charge < -0.3 is 5.32 Å². The fourth-order valence-electron chi connectivity index (χ4n) is 3.30. The number of rotatable bonds is 7. The summed E-state index contributed by atoms with van der Waals surface area (Å²) < 4.78 is 26.1. The van der Waals surface area contributed by atoms with Crippen LogP contribution >= 0.6 is 0 Å². The van der Waals surface area contributed by atoms with Crippen molar-refractivity contribution >= 4 is 33.0 Å². The maximum Gasteiger partial charge on any atom is 0.271 e. The van der Waals surface area contributed by atoms with Gasteiger partial charge in [-0.25, -0.2) is 8.42 Å². The molecule has 0 aliphatic carbocycles. The predicted molar refractivity (Wildman–Crippen MR) is 119 cm³/mol. The molecule has 0 aromatic heterocycles. The molecular weight excluding hydrogens is 406 g/mol. The summed E-state index contributed by atoms with van der Waals surface area (Å²) in [5.41, 5.74) is 2.80. The van der Waals surface area contributed by atoms with Crippen LogP contribution in [0.15, 0.2) is 36.4 Å². The molecular formula is C21H27N3O5S. The zero-order valence-electron chi connectivity index (χ0n) is 18.0. The van der Waals surface area contributed by atoms with E-state index in [2.05, 4.69) is 5.32 Å². The van der Waals surface area contributed by atoms with Crippen LogP contribution in [0.4, 0.5) is 17.1 Å². The van der Waals surface area contributed by atoms with E-state index >= 15 is 0 Å². The zero-order valence-corrected chi connectivity index (χ0v) is 18.8. The lowest BCUT2D eigenvalue weighted by Crippen LogP contribution is -2.45. The Hall–Kier alpha value is -2.94. The first-order valence-corrected chi connectivity index (χ1v) is 11.3. The van der Waals surface area contributed by atoms with E-state index in [9.17, 15) is 23.3 Å². The normalized spacial score (nSPS) is 12.5. The van der Waals surface area contributed by atoms with Crippen molar-refractivity contribution in [2.75, 3.05) is 15.9 Å². The van der Waals surface area contributed by atoms with Crippen LogP contribution in [-0.4, -0.2) is 31.5 Å². The number of carbonyl (C=O) groups is 1. The highest BCUT2D eigenvalue weighted by molar-refractivity contribution is 7.92. The highest BCUT2D eigenvalue weighted by Crippen LogP contribution is 2.31. The van der Waals surface area contributed by atoms with E-state index in [4.69, 9.17) is 0 Å². The van der Waals surface area contributed by atoms with Gasteiger partial charge in [-0.15, -0.1) is 0 Å². The molecule has 2 aromatic carbocycles. The van der Waals surface area contributed by atoms with Crippen LogP contribution in [0.2, 0.25) is 0 Å². The van der Waals surface area contributed by atoms with Crippen LogP contribution in [-0.2, 0) is 14.8 Å². The number of para-hydroxylation sites is 1. The molecule has 0 saturated heterocycles. The molecule has 0 saturated carbocycles. The van der Waals surface area contributed by atoms with Crippen molar-refractivity contribution in [2.24, 2.45) is 0 Å². The molecule has 1 atom stereocenters. The van der Waals surface area contributed by atoms with Crippen molar-refractivity contribution in [3.8, 4) is 0 Å². The SMILES string of the molecule is Cc1ccc([N+](=O)[O-])cc1N([C@@H](C)C(=O)Nc1c(C)cccc1C(C)C)S(C)(=O)=O. The Balaban J connectivity index is 2.50. The smallest absolute Gasteiger partial charge is 0.271 e. The third-order valence-corrected chi connectivity index (χ3v) is 6.13. The van der Waals surface area contributed by atoms with Gasteiger partial charge in [-0.2, -0.15) is 0 Å². The van der Waals surface area contributed by atoms with Crippen molar-refractivity contribution in [1.29, 1.82) is 0 Å². The number of hydrogen-bond acceptors (Lipinski definition) is 5. The number of non-ortho nitro benzene ring substituents is 1. The van der Waals surface area contributed by atoms with Gasteiger partial charge in [0, 0.05) is 17.8 Å². The number of carbonyl (C=O) groups excluding carboxylic acids is 1. The van der Waals surface area contributed by atoms with Gasteiger partial charge in [0.25, 0.3) is 5.69 Å². The van der Waals surface area contributed by atoms with Crippen LogP contribution in [0.5, 0.6) is 0 Å². The molecule has 162 valence electrons. The topological polar surface area (TPSA) is 110 Å². The molecule has 9 heteroatoms. The second kappa shape index (κ2) is 8.83. The summed E-state index contributed by atoms with van der Waals surface area (Å²) in [6.07, 6.45) is 0.975. The molecule has 0 spiro atoms. The minimum Gasteiger partial charge on any atom is -0.324 e. The minimum atomic E-state index is -3.91. The van der Waals surface area contributed by atoms with Gasteiger partial charge in [0.2, 0.25) is 15.9 Å². The first-order valence-electron chi connectivity index (χ1n) is 9.49. The Bertz CT molecular complexity index is 1080. The van der Waals surface area contributed by atoms with Crippen molar-refractivity contribution in [3.05, 3.63) is 63.2 Å². The summed E-state index contributed by atoms with van der Waals surface area (Å²) in [6.45, 7) is 8.97. The van der Waals surface area contributed by atoms with E-state index in [0.717, 1.165) is 21.7 Å². The molecule has 0 aliphatic heterocycles. The van der Waals surface area contributed by atoms with Gasteiger partial charge >= 0.3 is 0 Å². The summed E-state index contributed by atoms with van der Waals surface area (Å²) >= 11 is 0. The van der Waals surface area contributed by atoms with E-state index in [1.807, 2.05) is 39.0 Å². The number of sulfonamides is 1. The number of benzene rings is 2. The van der Waals surface area contributed by atoms with Crippen LogP contribution in [0.3, 0.4) is 0 Å². The number of anilines is 2. The Labute approximate surface area is 177 Å². The quantitative estimate of drug-likeness (QED) is 0.521. The number of aryl methyl sites for hydroxylation is 2. The largest absolute Gasteiger partial charge is 0.324 e. The van der Waals surface area contributed by atoms with Crippen LogP contribution < -0.4 is 9.62 Å². The second-order valence-corrected chi connectivity index (χ2v) is 9.51. The third kappa shape index (κ3) is 4.96. The standard InChI is InChI=1S/C21H27N3O5S/c1-13(2)18-9-7-8-15(4)20(18)22-21(25)16(5)23(30(6,28)29)19-12-17(24(26)27)11-10-14(19)3/h7-13,16H,1-6H3,(H,22,25)/t16-/m0/s1. The number of amides is 1. The predicted octanol–water partition coefficient (Wildman–Crippen LogP) is 4.13. The van der Waals surface area contributed by atoms with E-state index < -0.39 is 26.9 Å². The lowest BCUT2D eigenvalue weighted by Gasteiger charge is -2.30. The molecule has 1 N–H and O–H groups in total. The first-order chi connectivity index (χ1) is 13.8. The van der Waals surface area contributed by atoms with Crippen molar-refractivity contribution in [1.82, 2.24) is 0 Å². The molecule has 0 unspecified atom stereocenters. The monoisotopic (exact) mass is 433 g/mol. The van der Waals surface area contributed by atoms with E-state index in [0.29, 0.717) is 11.3 Å². The fourth-order valence-corrected chi connectivity index (χ4v) is 4.52. The highest BCUT2D eigenvalue weighted by Gasteiger charge is 2.32. The Kier molecular flexibility index (Phi) is 6.87. The minimum absolute atomic E-state index is 0.100. The lowest BCUT2D eigenvalue weighted by atomic mass is 9.98. The van der Waals surface area contributed by atoms with Crippen LogP contribution in [0.25, 0.3) is 0 Å². The first kappa shape index (κ1) is 23.3. The summed E-state index contributed by atoms with van der Waals surface area (Å²) in [7, 11) is -3.91. The van der Waals surface area contributed by atoms with Gasteiger partial charge in [-0.3, -0.25) is 19.2 Å². The third-order valence-electron chi connectivity index (χ3n) is 4.90. The number of nitro benzene ring substituents is 1. The number of nitro groups is 1. The molecule has 8 nitrogen and oxygen atoms in total. The van der Waals surface area contributed by atoms with Gasteiger partial charge in [0.15, 0.2) is 0 Å². The van der Waals surface area contributed by atoms with Crippen LogP contribution in [0, 0.1) is 24.0 Å². The summed E-state index contributed by atoms with van der Waals surface area (Å²) in [5.74, 6) is -0.372. The maximum absolute atomic E-state index is 13.1. The molecule has 0 radical (unpaired) electrons.